The Morgan fingerprint density at radius 1 is 0.417 bits per heavy atom. The highest BCUT2D eigenvalue weighted by atomic mass is 32.1. The molecular formula is C22H50NS+. The molecule has 148 valence electrons. The molecule has 24 heavy (non-hydrogen) atoms. The Hall–Kier alpha value is 0.310. The fourth-order valence-corrected chi connectivity index (χ4v) is 3.46. The maximum Gasteiger partial charge on any atom is 0.0782 e. The molecule has 0 aromatic rings. The highest BCUT2D eigenvalue weighted by Crippen LogP contribution is 2.13. The van der Waals surface area contributed by atoms with E-state index in [1.165, 1.54) is 120 Å². The Bertz CT molecular complexity index is 206. The van der Waals surface area contributed by atoms with Gasteiger partial charge in [0, 0.05) is 0 Å². The largest absolute Gasteiger partial charge is 0.328 e. The Morgan fingerprint density at radius 3 is 0.958 bits per heavy atom. The maximum atomic E-state index is 2.43. The molecule has 1 nitrogen and oxygen atoms in total. The molecule has 0 aromatic carbocycles. The second-order valence-electron chi connectivity index (χ2n) is 8.33. The summed E-state index contributed by atoms with van der Waals surface area (Å²) >= 11 is 0. The summed E-state index contributed by atoms with van der Waals surface area (Å²) in [6.45, 7) is 7.36. The summed E-state index contributed by atoms with van der Waals surface area (Å²) in [6, 6.07) is 0. The minimum Gasteiger partial charge on any atom is -0.328 e. The van der Waals surface area contributed by atoms with Crippen LogP contribution in [0.25, 0.3) is 0 Å². The van der Waals surface area contributed by atoms with Gasteiger partial charge in [0.15, 0.2) is 0 Å². The van der Waals surface area contributed by atoms with Crippen molar-refractivity contribution in [3.8, 4) is 0 Å². The van der Waals surface area contributed by atoms with Crippen LogP contribution in [0.4, 0.5) is 0 Å². The second-order valence-corrected chi connectivity index (χ2v) is 8.33. The van der Waals surface area contributed by atoms with Crippen LogP contribution in [0.3, 0.4) is 0 Å². The summed E-state index contributed by atoms with van der Waals surface area (Å²) in [5.74, 6) is 0. The average Bonchev–Trinajstić information content (AvgIpc) is 2.52. The Labute approximate surface area is 162 Å². The van der Waals surface area contributed by atoms with Crippen molar-refractivity contribution in [2.75, 3.05) is 27.2 Å². The van der Waals surface area contributed by atoms with Gasteiger partial charge in [-0.3, -0.25) is 0 Å². The van der Waals surface area contributed by atoms with Crippen LogP contribution in [0, 0.1) is 0 Å². The standard InChI is InChI=1S/C22H48N.H2S/c1-5-7-9-11-13-15-17-19-21-23(3,4)22-20-18-16-14-12-10-8-6-2;/h5-22H2,1-4H3;1H2/q+1;. The molecule has 0 rings (SSSR count). The van der Waals surface area contributed by atoms with E-state index < -0.39 is 0 Å². The molecule has 0 aliphatic rings. The van der Waals surface area contributed by atoms with Crippen molar-refractivity contribution >= 4 is 13.5 Å². The number of rotatable bonds is 18. The SMILES string of the molecule is CCCCCCCCCC[N+](C)(C)CCCCCCCCCC.S. The van der Waals surface area contributed by atoms with Crippen molar-refractivity contribution < 1.29 is 4.48 Å². The van der Waals surface area contributed by atoms with Gasteiger partial charge in [0.1, 0.15) is 0 Å². The van der Waals surface area contributed by atoms with Crippen molar-refractivity contribution in [3.05, 3.63) is 0 Å². The van der Waals surface area contributed by atoms with E-state index in [1.54, 1.807) is 0 Å². The second kappa shape index (κ2) is 19.6. The van der Waals surface area contributed by atoms with Crippen molar-refractivity contribution in [1.29, 1.82) is 0 Å². The van der Waals surface area contributed by atoms with Gasteiger partial charge in [-0.1, -0.05) is 90.9 Å². The Morgan fingerprint density at radius 2 is 0.667 bits per heavy atom. The first-order valence-corrected chi connectivity index (χ1v) is 10.9. The quantitative estimate of drug-likeness (QED) is 0.176. The first-order valence-electron chi connectivity index (χ1n) is 10.9. The van der Waals surface area contributed by atoms with Crippen LogP contribution in [0.2, 0.25) is 0 Å². The lowest BCUT2D eigenvalue weighted by molar-refractivity contribution is -0.890. The van der Waals surface area contributed by atoms with Crippen molar-refractivity contribution in [2.45, 2.75) is 117 Å². The summed E-state index contributed by atoms with van der Waals surface area (Å²) in [5, 5.41) is 0. The molecule has 0 bridgehead atoms. The summed E-state index contributed by atoms with van der Waals surface area (Å²) in [5.41, 5.74) is 0. The monoisotopic (exact) mass is 360 g/mol. The van der Waals surface area contributed by atoms with Crippen molar-refractivity contribution in [1.82, 2.24) is 0 Å². The van der Waals surface area contributed by atoms with Gasteiger partial charge in [-0.25, -0.2) is 0 Å². The summed E-state index contributed by atoms with van der Waals surface area (Å²) < 4.78 is 1.24. The van der Waals surface area contributed by atoms with Gasteiger partial charge >= 0.3 is 0 Å². The topological polar surface area (TPSA) is 0 Å². The minimum atomic E-state index is 0. The molecule has 0 fully saturated rings. The lowest BCUT2D eigenvalue weighted by Gasteiger charge is -2.30. The number of nitrogens with zero attached hydrogens (tertiary/aromatic N) is 1. The summed E-state index contributed by atoms with van der Waals surface area (Å²) in [7, 11) is 4.87. The van der Waals surface area contributed by atoms with E-state index in [4.69, 9.17) is 0 Å². The zero-order chi connectivity index (χ0) is 17.2. The predicted octanol–water partition coefficient (Wildman–Crippen LogP) is 7.46. The highest BCUT2D eigenvalue weighted by molar-refractivity contribution is 7.59. The van der Waals surface area contributed by atoms with E-state index in [9.17, 15) is 0 Å². The first-order chi connectivity index (χ1) is 11.1. The van der Waals surface area contributed by atoms with Crippen molar-refractivity contribution in [2.24, 2.45) is 0 Å². The van der Waals surface area contributed by atoms with E-state index in [0.717, 1.165) is 0 Å². The van der Waals surface area contributed by atoms with Gasteiger partial charge in [-0.2, -0.15) is 13.5 Å². The molecule has 0 unspecified atom stereocenters. The van der Waals surface area contributed by atoms with Crippen LogP contribution in [0.15, 0.2) is 0 Å². The first kappa shape index (κ1) is 26.5. The lowest BCUT2D eigenvalue weighted by Crippen LogP contribution is -2.41. The molecule has 0 aliphatic heterocycles. The van der Waals surface area contributed by atoms with Gasteiger partial charge in [-0.15, -0.1) is 0 Å². The molecule has 0 atom stereocenters. The molecule has 0 saturated heterocycles. The summed E-state index contributed by atoms with van der Waals surface area (Å²) in [6.07, 6.45) is 23.0. The van der Waals surface area contributed by atoms with Gasteiger partial charge in [0.2, 0.25) is 0 Å². The summed E-state index contributed by atoms with van der Waals surface area (Å²) in [4.78, 5) is 0. The molecule has 2 heteroatoms. The van der Waals surface area contributed by atoms with E-state index in [2.05, 4.69) is 27.9 Å². The lowest BCUT2D eigenvalue weighted by atomic mass is 10.1. The van der Waals surface area contributed by atoms with Crippen LogP contribution in [0.5, 0.6) is 0 Å². The van der Waals surface area contributed by atoms with Gasteiger partial charge < -0.3 is 4.48 Å². The van der Waals surface area contributed by atoms with Crippen LogP contribution in [-0.2, 0) is 0 Å². The smallest absolute Gasteiger partial charge is 0.0782 e. The van der Waals surface area contributed by atoms with Gasteiger partial charge in [-0.05, 0) is 25.7 Å². The molecule has 0 aromatic heterocycles. The molecule has 0 spiro atoms. The highest BCUT2D eigenvalue weighted by Gasteiger charge is 2.13. The molecular weight excluding hydrogens is 310 g/mol. The molecule has 0 saturated carbocycles. The van der Waals surface area contributed by atoms with Gasteiger partial charge in [0.05, 0.1) is 27.2 Å². The van der Waals surface area contributed by atoms with Crippen molar-refractivity contribution in [3.63, 3.8) is 0 Å². The average molecular weight is 361 g/mol. The predicted molar refractivity (Wildman–Crippen MR) is 117 cm³/mol. The molecule has 0 amide bonds. The molecule has 0 heterocycles. The fourth-order valence-electron chi connectivity index (χ4n) is 3.46. The van der Waals surface area contributed by atoms with Crippen LogP contribution in [-0.4, -0.2) is 31.7 Å². The maximum absolute atomic E-state index is 2.43. The normalized spacial score (nSPS) is 11.5. The number of unbranched alkanes of at least 4 members (excludes halogenated alkanes) is 14. The van der Waals surface area contributed by atoms with E-state index in [0.29, 0.717) is 0 Å². The Balaban J connectivity index is 0. The van der Waals surface area contributed by atoms with Gasteiger partial charge in [0.25, 0.3) is 0 Å². The molecule has 0 radical (unpaired) electrons. The Kier molecular flexibility index (Phi) is 21.7. The minimum absolute atomic E-state index is 0. The molecule has 0 aliphatic carbocycles. The fraction of sp³-hybridized carbons (Fsp3) is 1.00. The van der Waals surface area contributed by atoms with Crippen LogP contribution >= 0.6 is 13.5 Å². The molecule has 0 N–H and O–H groups in total. The zero-order valence-electron chi connectivity index (χ0n) is 17.7. The van der Waals surface area contributed by atoms with E-state index in [1.807, 2.05) is 0 Å². The third-order valence-electron chi connectivity index (χ3n) is 5.23. The number of hydrogen-bond acceptors (Lipinski definition) is 0. The third-order valence-corrected chi connectivity index (χ3v) is 5.23. The number of hydrogen-bond donors (Lipinski definition) is 0. The van der Waals surface area contributed by atoms with E-state index in [-0.39, 0.29) is 13.5 Å². The van der Waals surface area contributed by atoms with Crippen LogP contribution < -0.4 is 0 Å². The van der Waals surface area contributed by atoms with E-state index >= 15 is 0 Å². The zero-order valence-corrected chi connectivity index (χ0v) is 18.7. The number of quaternary nitrogens is 1. The van der Waals surface area contributed by atoms with Crippen LogP contribution in [0.1, 0.15) is 117 Å². The third kappa shape index (κ3) is 20.4.